The van der Waals surface area contributed by atoms with Gasteiger partial charge in [0.05, 0.1) is 0 Å². The van der Waals surface area contributed by atoms with Gasteiger partial charge in [-0.2, -0.15) is 0 Å². The van der Waals surface area contributed by atoms with E-state index in [-0.39, 0.29) is 0 Å². The van der Waals surface area contributed by atoms with E-state index < -0.39 is 0 Å². The topological polar surface area (TPSA) is 47.3 Å². The fourth-order valence-corrected chi connectivity index (χ4v) is 1.19. The van der Waals surface area contributed by atoms with Crippen LogP contribution in [-0.4, -0.2) is 6.73 Å². The van der Waals surface area contributed by atoms with E-state index in [2.05, 4.69) is 5.32 Å². The van der Waals surface area contributed by atoms with E-state index in [4.69, 9.17) is 10.5 Å². The van der Waals surface area contributed by atoms with Crippen LogP contribution in [0.15, 0.2) is 18.2 Å². The van der Waals surface area contributed by atoms with Crippen LogP contribution in [0.3, 0.4) is 0 Å². The molecular formula is C8H10N2O. The zero-order chi connectivity index (χ0) is 7.68. The number of anilines is 1. The van der Waals surface area contributed by atoms with Gasteiger partial charge in [-0.05, 0) is 18.2 Å². The van der Waals surface area contributed by atoms with Crippen LogP contribution in [0.5, 0.6) is 5.75 Å². The quantitative estimate of drug-likeness (QED) is 0.535. The van der Waals surface area contributed by atoms with E-state index in [1.807, 2.05) is 18.2 Å². The molecule has 3 nitrogen and oxygen atoms in total. The first-order chi connectivity index (χ1) is 5.36. The highest BCUT2D eigenvalue weighted by atomic mass is 16.5. The minimum Gasteiger partial charge on any atom is -0.478 e. The van der Waals surface area contributed by atoms with Crippen molar-refractivity contribution in [3.63, 3.8) is 0 Å². The lowest BCUT2D eigenvalue weighted by molar-refractivity contribution is 0.257. The molecule has 1 aliphatic rings. The Morgan fingerprint density at radius 2 is 2.36 bits per heavy atom. The number of nitrogens with two attached hydrogens (primary N) is 1. The number of fused-ring (bicyclic) bond motifs is 1. The molecule has 1 aromatic carbocycles. The molecule has 0 aliphatic carbocycles. The Kier molecular flexibility index (Phi) is 1.43. The second-order valence-electron chi connectivity index (χ2n) is 2.58. The lowest BCUT2D eigenvalue weighted by Crippen LogP contribution is -2.25. The maximum atomic E-state index is 5.60. The third-order valence-electron chi connectivity index (χ3n) is 1.73. The first-order valence-electron chi connectivity index (χ1n) is 3.58. The predicted molar refractivity (Wildman–Crippen MR) is 43.2 cm³/mol. The van der Waals surface area contributed by atoms with E-state index in [1.165, 1.54) is 0 Å². The van der Waals surface area contributed by atoms with Crippen LogP contribution < -0.4 is 15.8 Å². The Bertz CT molecular complexity index is 273. The first-order valence-corrected chi connectivity index (χ1v) is 3.58. The number of benzene rings is 1. The van der Waals surface area contributed by atoms with Gasteiger partial charge in [-0.15, -0.1) is 0 Å². The van der Waals surface area contributed by atoms with Crippen LogP contribution in [0.4, 0.5) is 5.69 Å². The number of nitrogen functional groups attached to an aromatic ring is 1. The lowest BCUT2D eigenvalue weighted by atomic mass is 10.1. The van der Waals surface area contributed by atoms with Crippen LogP contribution in [0, 0.1) is 0 Å². The van der Waals surface area contributed by atoms with Gasteiger partial charge in [0.25, 0.3) is 0 Å². The predicted octanol–water partition coefficient (Wildman–Crippen LogP) is 0.708. The molecule has 11 heavy (non-hydrogen) atoms. The average Bonchev–Trinajstić information content (AvgIpc) is 2.04. The molecule has 0 amide bonds. The van der Waals surface area contributed by atoms with Gasteiger partial charge in [0.15, 0.2) is 0 Å². The summed E-state index contributed by atoms with van der Waals surface area (Å²) < 4.78 is 5.31. The van der Waals surface area contributed by atoms with Gasteiger partial charge in [0.2, 0.25) is 0 Å². The van der Waals surface area contributed by atoms with Crippen molar-refractivity contribution >= 4 is 5.69 Å². The Labute approximate surface area is 65.2 Å². The smallest absolute Gasteiger partial charge is 0.139 e. The van der Waals surface area contributed by atoms with Gasteiger partial charge < -0.3 is 10.5 Å². The summed E-state index contributed by atoms with van der Waals surface area (Å²) in [4.78, 5) is 0. The Morgan fingerprint density at radius 3 is 3.27 bits per heavy atom. The Morgan fingerprint density at radius 1 is 1.45 bits per heavy atom. The summed E-state index contributed by atoms with van der Waals surface area (Å²) in [5.74, 6) is 0.943. The van der Waals surface area contributed by atoms with Crippen molar-refractivity contribution in [2.75, 3.05) is 12.5 Å². The van der Waals surface area contributed by atoms with Crippen LogP contribution in [-0.2, 0) is 6.54 Å². The molecule has 58 valence electrons. The summed E-state index contributed by atoms with van der Waals surface area (Å²) in [5, 5.41) is 3.09. The second-order valence-corrected chi connectivity index (χ2v) is 2.58. The minimum atomic E-state index is 0.594. The molecule has 0 atom stereocenters. The highest BCUT2D eigenvalue weighted by molar-refractivity contribution is 5.48. The zero-order valence-electron chi connectivity index (χ0n) is 6.13. The van der Waals surface area contributed by atoms with E-state index in [1.54, 1.807) is 0 Å². The maximum absolute atomic E-state index is 5.60. The third kappa shape index (κ3) is 1.14. The summed E-state index contributed by atoms with van der Waals surface area (Å²) >= 11 is 0. The molecule has 0 fully saturated rings. The summed E-state index contributed by atoms with van der Waals surface area (Å²) in [7, 11) is 0. The molecule has 0 aromatic heterocycles. The van der Waals surface area contributed by atoms with Crippen molar-refractivity contribution in [2.24, 2.45) is 0 Å². The first kappa shape index (κ1) is 6.49. The molecule has 1 heterocycles. The van der Waals surface area contributed by atoms with E-state index in [0.717, 1.165) is 23.5 Å². The summed E-state index contributed by atoms with van der Waals surface area (Å²) in [5.41, 5.74) is 7.52. The van der Waals surface area contributed by atoms with Gasteiger partial charge in [-0.25, -0.2) is 0 Å². The van der Waals surface area contributed by atoms with Crippen molar-refractivity contribution in [1.82, 2.24) is 5.32 Å². The molecule has 0 bridgehead atoms. The highest BCUT2D eigenvalue weighted by Crippen LogP contribution is 2.22. The third-order valence-corrected chi connectivity index (χ3v) is 1.73. The van der Waals surface area contributed by atoms with E-state index >= 15 is 0 Å². The SMILES string of the molecule is Nc1ccc2c(c1)CNCO2. The molecule has 2 rings (SSSR count). The number of rotatable bonds is 0. The van der Waals surface area contributed by atoms with Crippen molar-refractivity contribution in [3.8, 4) is 5.75 Å². The largest absolute Gasteiger partial charge is 0.478 e. The Hall–Kier alpha value is -1.22. The monoisotopic (exact) mass is 150 g/mol. The summed E-state index contributed by atoms with van der Waals surface area (Å²) in [6.07, 6.45) is 0. The van der Waals surface area contributed by atoms with Crippen molar-refractivity contribution < 1.29 is 4.74 Å². The fraction of sp³-hybridized carbons (Fsp3) is 0.250. The lowest BCUT2D eigenvalue weighted by Gasteiger charge is -2.18. The molecule has 0 radical (unpaired) electrons. The average molecular weight is 150 g/mol. The highest BCUT2D eigenvalue weighted by Gasteiger charge is 2.07. The molecule has 1 aliphatic heterocycles. The molecule has 0 saturated heterocycles. The maximum Gasteiger partial charge on any atom is 0.139 e. The minimum absolute atomic E-state index is 0.594. The van der Waals surface area contributed by atoms with Crippen LogP contribution in [0.25, 0.3) is 0 Å². The Balaban J connectivity index is 2.43. The van der Waals surface area contributed by atoms with Gasteiger partial charge in [0, 0.05) is 17.8 Å². The van der Waals surface area contributed by atoms with Crippen molar-refractivity contribution in [3.05, 3.63) is 23.8 Å². The number of hydrogen-bond acceptors (Lipinski definition) is 3. The van der Waals surface area contributed by atoms with Gasteiger partial charge >= 0.3 is 0 Å². The molecule has 1 aromatic rings. The summed E-state index contributed by atoms with van der Waals surface area (Å²) in [6, 6.07) is 5.69. The summed E-state index contributed by atoms with van der Waals surface area (Å²) in [6.45, 7) is 1.44. The van der Waals surface area contributed by atoms with Crippen LogP contribution in [0.1, 0.15) is 5.56 Å². The van der Waals surface area contributed by atoms with Gasteiger partial charge in [-0.1, -0.05) is 0 Å². The van der Waals surface area contributed by atoms with E-state index in [0.29, 0.717) is 6.73 Å². The van der Waals surface area contributed by atoms with Crippen LogP contribution in [0.2, 0.25) is 0 Å². The zero-order valence-corrected chi connectivity index (χ0v) is 6.13. The number of nitrogens with one attached hydrogen (secondary N) is 1. The second kappa shape index (κ2) is 2.43. The molecule has 3 N–H and O–H groups in total. The number of hydrogen-bond donors (Lipinski definition) is 2. The fourth-order valence-electron chi connectivity index (χ4n) is 1.19. The molecule has 3 heteroatoms. The van der Waals surface area contributed by atoms with E-state index in [9.17, 15) is 0 Å². The van der Waals surface area contributed by atoms with Gasteiger partial charge in [-0.3, -0.25) is 5.32 Å². The molecular weight excluding hydrogens is 140 g/mol. The molecule has 0 unspecified atom stereocenters. The molecule has 0 saturated carbocycles. The van der Waals surface area contributed by atoms with Gasteiger partial charge in [0.1, 0.15) is 12.5 Å². The number of ether oxygens (including phenoxy) is 1. The van der Waals surface area contributed by atoms with Crippen molar-refractivity contribution in [1.29, 1.82) is 0 Å². The van der Waals surface area contributed by atoms with Crippen molar-refractivity contribution in [2.45, 2.75) is 6.54 Å². The normalized spacial score (nSPS) is 15.3. The standard InChI is InChI=1S/C8H10N2O/c9-7-1-2-8-6(3-7)4-10-5-11-8/h1-3,10H,4-5,9H2. The van der Waals surface area contributed by atoms with Crippen LogP contribution >= 0.6 is 0 Å². The molecule has 0 spiro atoms.